The summed E-state index contributed by atoms with van der Waals surface area (Å²) < 4.78 is 0. The van der Waals surface area contributed by atoms with Crippen molar-refractivity contribution in [1.29, 1.82) is 0 Å². The third-order valence-electron chi connectivity index (χ3n) is 1.62. The van der Waals surface area contributed by atoms with E-state index in [0.717, 1.165) is 0 Å². The van der Waals surface area contributed by atoms with Crippen molar-refractivity contribution in [2.75, 3.05) is 6.54 Å². The van der Waals surface area contributed by atoms with Gasteiger partial charge < -0.3 is 16.2 Å². The molecule has 0 saturated carbocycles. The van der Waals surface area contributed by atoms with Crippen LogP contribution in [0.3, 0.4) is 0 Å². The molecule has 12 heavy (non-hydrogen) atoms. The number of amidine groups is 1. The van der Waals surface area contributed by atoms with Gasteiger partial charge in [0.05, 0.1) is 12.4 Å². The SMILES string of the molecule is CC(N)CC1=NCC(C(=O)O)N1. The van der Waals surface area contributed by atoms with E-state index in [1.54, 1.807) is 0 Å². The molecule has 5 heteroatoms. The molecule has 0 aliphatic carbocycles. The van der Waals surface area contributed by atoms with Crippen LogP contribution in [0, 0.1) is 0 Å². The number of carboxylic acids is 1. The van der Waals surface area contributed by atoms with E-state index >= 15 is 0 Å². The summed E-state index contributed by atoms with van der Waals surface area (Å²) in [7, 11) is 0. The highest BCUT2D eigenvalue weighted by molar-refractivity contribution is 5.90. The van der Waals surface area contributed by atoms with Gasteiger partial charge in [0.1, 0.15) is 6.04 Å². The van der Waals surface area contributed by atoms with E-state index in [1.165, 1.54) is 0 Å². The van der Waals surface area contributed by atoms with Gasteiger partial charge in [0, 0.05) is 12.5 Å². The van der Waals surface area contributed by atoms with Gasteiger partial charge in [0.2, 0.25) is 0 Å². The van der Waals surface area contributed by atoms with Gasteiger partial charge in [0.15, 0.2) is 0 Å². The molecule has 1 aliphatic heterocycles. The number of nitrogens with two attached hydrogens (primary N) is 1. The zero-order chi connectivity index (χ0) is 9.14. The Hall–Kier alpha value is -1.10. The van der Waals surface area contributed by atoms with Gasteiger partial charge in [-0.3, -0.25) is 4.99 Å². The Bertz CT molecular complexity index is 213. The minimum absolute atomic E-state index is 0.0174. The molecule has 0 spiro atoms. The quantitative estimate of drug-likeness (QED) is 0.517. The van der Waals surface area contributed by atoms with Gasteiger partial charge in [-0.25, -0.2) is 4.79 Å². The van der Waals surface area contributed by atoms with Crippen LogP contribution < -0.4 is 11.1 Å². The topological polar surface area (TPSA) is 87.7 Å². The van der Waals surface area contributed by atoms with Crippen LogP contribution in [-0.4, -0.2) is 35.5 Å². The van der Waals surface area contributed by atoms with Crippen molar-refractivity contribution in [1.82, 2.24) is 5.32 Å². The second-order valence-corrected chi connectivity index (χ2v) is 3.00. The van der Waals surface area contributed by atoms with Gasteiger partial charge in [0.25, 0.3) is 0 Å². The van der Waals surface area contributed by atoms with E-state index in [1.807, 2.05) is 6.92 Å². The molecule has 5 nitrogen and oxygen atoms in total. The van der Waals surface area contributed by atoms with Crippen molar-refractivity contribution in [3.8, 4) is 0 Å². The number of hydrogen-bond acceptors (Lipinski definition) is 4. The number of rotatable bonds is 3. The molecule has 0 bridgehead atoms. The summed E-state index contributed by atoms with van der Waals surface area (Å²) in [5, 5.41) is 11.4. The van der Waals surface area contributed by atoms with E-state index in [0.29, 0.717) is 18.8 Å². The Kier molecular flexibility index (Phi) is 2.65. The molecule has 4 N–H and O–H groups in total. The number of nitrogens with zero attached hydrogens (tertiary/aromatic N) is 1. The smallest absolute Gasteiger partial charge is 0.328 e. The Morgan fingerprint density at radius 2 is 2.67 bits per heavy atom. The molecule has 1 rings (SSSR count). The van der Waals surface area contributed by atoms with Crippen molar-refractivity contribution in [3.63, 3.8) is 0 Å². The summed E-state index contributed by atoms with van der Waals surface area (Å²) in [5.74, 6) is -0.157. The summed E-state index contributed by atoms with van der Waals surface area (Å²) in [6.45, 7) is 2.18. The molecule has 0 saturated heterocycles. The molecule has 0 amide bonds. The zero-order valence-electron chi connectivity index (χ0n) is 6.95. The first-order valence-electron chi connectivity index (χ1n) is 3.88. The first-order chi connectivity index (χ1) is 5.59. The first-order valence-corrected chi connectivity index (χ1v) is 3.88. The summed E-state index contributed by atoms with van der Waals surface area (Å²) in [6, 6.07) is -0.539. The van der Waals surface area contributed by atoms with Gasteiger partial charge >= 0.3 is 5.97 Å². The molecule has 0 radical (unpaired) electrons. The molecule has 68 valence electrons. The monoisotopic (exact) mass is 171 g/mol. The van der Waals surface area contributed by atoms with Crippen molar-refractivity contribution < 1.29 is 9.90 Å². The number of carbonyl (C=O) groups is 1. The van der Waals surface area contributed by atoms with Crippen LogP contribution >= 0.6 is 0 Å². The van der Waals surface area contributed by atoms with E-state index in [-0.39, 0.29) is 6.04 Å². The minimum atomic E-state index is -0.863. The second kappa shape index (κ2) is 3.53. The van der Waals surface area contributed by atoms with Crippen LogP contribution in [0.2, 0.25) is 0 Å². The van der Waals surface area contributed by atoms with E-state index < -0.39 is 12.0 Å². The third-order valence-corrected chi connectivity index (χ3v) is 1.62. The second-order valence-electron chi connectivity index (χ2n) is 3.00. The lowest BCUT2D eigenvalue weighted by Gasteiger charge is -2.08. The first kappa shape index (κ1) is 8.99. The lowest BCUT2D eigenvalue weighted by atomic mass is 10.2. The Balaban J connectivity index is 2.38. The number of nitrogens with one attached hydrogen (secondary N) is 1. The predicted molar refractivity (Wildman–Crippen MR) is 45.1 cm³/mol. The predicted octanol–water partition coefficient (Wildman–Crippen LogP) is -0.821. The molecule has 2 unspecified atom stereocenters. The van der Waals surface area contributed by atoms with Crippen LogP contribution in [0.1, 0.15) is 13.3 Å². The molecule has 0 aromatic heterocycles. The van der Waals surface area contributed by atoms with Gasteiger partial charge in [-0.1, -0.05) is 0 Å². The molecule has 0 fully saturated rings. The Labute approximate surface area is 70.7 Å². The number of hydrogen-bond donors (Lipinski definition) is 3. The average molecular weight is 171 g/mol. The molecular weight excluding hydrogens is 158 g/mol. The van der Waals surface area contributed by atoms with Crippen LogP contribution in [0.5, 0.6) is 0 Å². The van der Waals surface area contributed by atoms with Crippen LogP contribution in [0.4, 0.5) is 0 Å². The minimum Gasteiger partial charge on any atom is -0.480 e. The van der Waals surface area contributed by atoms with Crippen LogP contribution in [-0.2, 0) is 4.79 Å². The highest BCUT2D eigenvalue weighted by atomic mass is 16.4. The third kappa shape index (κ3) is 2.20. The number of aliphatic carboxylic acids is 1. The summed E-state index contributed by atoms with van der Waals surface area (Å²) in [6.07, 6.45) is 0.615. The average Bonchev–Trinajstić information content (AvgIpc) is 2.34. The van der Waals surface area contributed by atoms with Crippen LogP contribution in [0.15, 0.2) is 4.99 Å². The van der Waals surface area contributed by atoms with Crippen molar-refractivity contribution in [2.45, 2.75) is 25.4 Å². The number of carboxylic acid groups (broad SMARTS) is 1. The lowest BCUT2D eigenvalue weighted by molar-refractivity contribution is -0.138. The Morgan fingerprint density at radius 1 is 2.00 bits per heavy atom. The van der Waals surface area contributed by atoms with Crippen molar-refractivity contribution in [3.05, 3.63) is 0 Å². The van der Waals surface area contributed by atoms with Crippen LogP contribution in [0.25, 0.3) is 0 Å². The van der Waals surface area contributed by atoms with Crippen molar-refractivity contribution in [2.24, 2.45) is 10.7 Å². The molecular formula is C7H13N3O2. The fraction of sp³-hybridized carbons (Fsp3) is 0.714. The summed E-state index contributed by atoms with van der Waals surface area (Å²) in [4.78, 5) is 14.5. The van der Waals surface area contributed by atoms with E-state index in [4.69, 9.17) is 10.8 Å². The number of aliphatic imine (C=N–C) groups is 1. The lowest BCUT2D eigenvalue weighted by Crippen LogP contribution is -2.38. The molecule has 1 aliphatic rings. The Morgan fingerprint density at radius 3 is 3.08 bits per heavy atom. The van der Waals surface area contributed by atoms with E-state index in [2.05, 4.69) is 10.3 Å². The molecule has 1 heterocycles. The highest BCUT2D eigenvalue weighted by Crippen LogP contribution is 2.00. The summed E-state index contributed by atoms with van der Waals surface area (Å²) in [5.41, 5.74) is 5.53. The van der Waals surface area contributed by atoms with Gasteiger partial charge in [-0.05, 0) is 6.92 Å². The fourth-order valence-electron chi connectivity index (χ4n) is 1.06. The molecule has 0 aromatic carbocycles. The maximum atomic E-state index is 10.5. The zero-order valence-corrected chi connectivity index (χ0v) is 6.95. The largest absolute Gasteiger partial charge is 0.480 e. The summed E-state index contributed by atoms with van der Waals surface area (Å²) >= 11 is 0. The van der Waals surface area contributed by atoms with E-state index in [9.17, 15) is 4.79 Å². The van der Waals surface area contributed by atoms with Gasteiger partial charge in [-0.2, -0.15) is 0 Å². The molecule has 0 aromatic rings. The maximum absolute atomic E-state index is 10.5. The highest BCUT2D eigenvalue weighted by Gasteiger charge is 2.23. The molecule has 2 atom stereocenters. The maximum Gasteiger partial charge on any atom is 0.328 e. The normalized spacial score (nSPS) is 24.5. The standard InChI is InChI=1S/C7H13N3O2/c1-4(8)2-6-9-3-5(10-6)7(11)12/h4-5H,2-3,8H2,1H3,(H,9,10)(H,11,12). The van der Waals surface area contributed by atoms with Crippen molar-refractivity contribution >= 4 is 11.8 Å². The van der Waals surface area contributed by atoms with Gasteiger partial charge in [-0.15, -0.1) is 0 Å². The fourth-order valence-corrected chi connectivity index (χ4v) is 1.06.